The number of rotatable bonds is 3. The third-order valence-corrected chi connectivity index (χ3v) is 1.78. The van der Waals surface area contributed by atoms with Crippen molar-refractivity contribution in [3.05, 3.63) is 23.7 Å². The van der Waals surface area contributed by atoms with Crippen LogP contribution in [0.4, 0.5) is 13.2 Å². The molecule has 1 rings (SSSR count). The van der Waals surface area contributed by atoms with Gasteiger partial charge in [0.05, 0.1) is 0 Å². The molecule has 14 heavy (non-hydrogen) atoms. The highest BCUT2D eigenvalue weighted by Gasteiger charge is 2.42. The van der Waals surface area contributed by atoms with Crippen LogP contribution < -0.4 is 5.32 Å². The lowest BCUT2D eigenvalue weighted by molar-refractivity contribution is -0.161. The molecular formula is C9H12F3NO. The average molecular weight is 207 g/mol. The monoisotopic (exact) mass is 207 g/mol. The zero-order valence-electron chi connectivity index (χ0n) is 7.98. The molecule has 0 amide bonds. The van der Waals surface area contributed by atoms with Crippen molar-refractivity contribution < 1.29 is 17.6 Å². The van der Waals surface area contributed by atoms with E-state index >= 15 is 0 Å². The fourth-order valence-corrected chi connectivity index (χ4v) is 1.19. The van der Waals surface area contributed by atoms with Crippen molar-refractivity contribution >= 4 is 0 Å². The van der Waals surface area contributed by atoms with Crippen molar-refractivity contribution in [2.75, 3.05) is 6.54 Å². The topological polar surface area (TPSA) is 25.2 Å². The Kier molecular flexibility index (Phi) is 3.21. The summed E-state index contributed by atoms with van der Waals surface area (Å²) >= 11 is 0. The summed E-state index contributed by atoms with van der Waals surface area (Å²) in [5.41, 5.74) is 0. The largest absolute Gasteiger partial charge is 0.464 e. The molecule has 0 aliphatic heterocycles. The summed E-state index contributed by atoms with van der Waals surface area (Å²) in [6.45, 7) is 3.47. The van der Waals surface area contributed by atoms with E-state index in [9.17, 15) is 13.2 Å². The normalized spacial score (nSPS) is 14.4. The van der Waals surface area contributed by atoms with Crippen molar-refractivity contribution in [3.63, 3.8) is 0 Å². The number of aryl methyl sites for hydroxylation is 1. The Morgan fingerprint density at radius 2 is 2.07 bits per heavy atom. The second kappa shape index (κ2) is 4.04. The van der Waals surface area contributed by atoms with Crippen molar-refractivity contribution in [2.24, 2.45) is 0 Å². The first-order valence-electron chi connectivity index (χ1n) is 4.31. The minimum Gasteiger partial charge on any atom is -0.464 e. The van der Waals surface area contributed by atoms with Crippen LogP contribution >= 0.6 is 0 Å². The van der Waals surface area contributed by atoms with Gasteiger partial charge in [-0.15, -0.1) is 0 Å². The van der Waals surface area contributed by atoms with E-state index in [-0.39, 0.29) is 12.3 Å². The molecule has 0 fully saturated rings. The summed E-state index contributed by atoms with van der Waals surface area (Å²) in [5.74, 6) is 0.393. The lowest BCUT2D eigenvalue weighted by Gasteiger charge is -2.18. The van der Waals surface area contributed by atoms with E-state index in [1.165, 1.54) is 12.1 Å². The predicted molar refractivity (Wildman–Crippen MR) is 45.9 cm³/mol. The number of furan rings is 1. The quantitative estimate of drug-likeness (QED) is 0.824. The second-order valence-corrected chi connectivity index (χ2v) is 2.98. The Morgan fingerprint density at radius 1 is 1.43 bits per heavy atom. The van der Waals surface area contributed by atoms with Crippen LogP contribution in [0.3, 0.4) is 0 Å². The lowest BCUT2D eigenvalue weighted by atomic mass is 10.2. The molecule has 2 nitrogen and oxygen atoms in total. The second-order valence-electron chi connectivity index (χ2n) is 2.98. The zero-order chi connectivity index (χ0) is 10.8. The van der Waals surface area contributed by atoms with Crippen LogP contribution in [0.25, 0.3) is 0 Å². The fourth-order valence-electron chi connectivity index (χ4n) is 1.19. The van der Waals surface area contributed by atoms with Gasteiger partial charge in [0, 0.05) is 0 Å². The highest BCUT2D eigenvalue weighted by molar-refractivity contribution is 5.11. The summed E-state index contributed by atoms with van der Waals surface area (Å²) in [6, 6.07) is 1.16. The van der Waals surface area contributed by atoms with Crippen LogP contribution in [0.2, 0.25) is 0 Å². The van der Waals surface area contributed by atoms with Gasteiger partial charge in [0.25, 0.3) is 0 Å². The molecule has 1 aromatic heterocycles. The van der Waals surface area contributed by atoms with E-state index in [0.717, 1.165) is 0 Å². The van der Waals surface area contributed by atoms with E-state index in [1.54, 1.807) is 13.8 Å². The zero-order valence-corrected chi connectivity index (χ0v) is 7.98. The molecule has 0 saturated heterocycles. The first-order valence-corrected chi connectivity index (χ1v) is 4.31. The number of hydrogen-bond donors (Lipinski definition) is 1. The van der Waals surface area contributed by atoms with Crippen LogP contribution in [0.5, 0.6) is 0 Å². The number of hydrogen-bond acceptors (Lipinski definition) is 2. The van der Waals surface area contributed by atoms with Crippen molar-refractivity contribution in [3.8, 4) is 0 Å². The smallest absolute Gasteiger partial charge is 0.410 e. The highest BCUT2D eigenvalue weighted by atomic mass is 19.4. The first kappa shape index (κ1) is 11.1. The van der Waals surface area contributed by atoms with Gasteiger partial charge in [0.15, 0.2) is 6.04 Å². The fraction of sp³-hybridized carbons (Fsp3) is 0.556. The molecule has 1 atom stereocenters. The summed E-state index contributed by atoms with van der Waals surface area (Å²) in [4.78, 5) is 0. The standard InChI is InChI=1S/C9H12F3NO/c1-3-13-8(9(10,11)12)7-5-4-6(2)14-7/h4-5,8,13H,3H2,1-2H3. The van der Waals surface area contributed by atoms with Gasteiger partial charge >= 0.3 is 6.18 Å². The Balaban J connectivity index is 2.88. The average Bonchev–Trinajstić information content (AvgIpc) is 2.45. The maximum atomic E-state index is 12.5. The van der Waals surface area contributed by atoms with Crippen LogP contribution in [0, 0.1) is 6.92 Å². The molecule has 0 bridgehead atoms. The molecule has 0 saturated carbocycles. The van der Waals surface area contributed by atoms with Gasteiger partial charge in [0.1, 0.15) is 11.5 Å². The third-order valence-electron chi connectivity index (χ3n) is 1.78. The van der Waals surface area contributed by atoms with E-state index in [2.05, 4.69) is 5.32 Å². The molecule has 1 N–H and O–H groups in total. The van der Waals surface area contributed by atoms with E-state index in [1.807, 2.05) is 0 Å². The van der Waals surface area contributed by atoms with Crippen molar-refractivity contribution in [1.29, 1.82) is 0 Å². The summed E-state index contributed by atoms with van der Waals surface area (Å²) in [7, 11) is 0. The summed E-state index contributed by atoms with van der Waals surface area (Å²) < 4.78 is 42.4. The molecule has 0 spiro atoms. The Bertz CT molecular complexity index is 292. The lowest BCUT2D eigenvalue weighted by Crippen LogP contribution is -2.33. The van der Waals surface area contributed by atoms with Crippen LogP contribution in [0.1, 0.15) is 24.5 Å². The van der Waals surface area contributed by atoms with E-state index in [0.29, 0.717) is 5.76 Å². The van der Waals surface area contributed by atoms with Gasteiger partial charge in [-0.25, -0.2) is 0 Å². The minimum atomic E-state index is -4.32. The molecule has 0 aliphatic carbocycles. The molecule has 0 radical (unpaired) electrons. The van der Waals surface area contributed by atoms with Gasteiger partial charge < -0.3 is 9.73 Å². The van der Waals surface area contributed by atoms with E-state index in [4.69, 9.17) is 4.42 Å². The number of halogens is 3. The minimum absolute atomic E-state index is 0.0862. The molecule has 1 aromatic rings. The molecular weight excluding hydrogens is 195 g/mol. The SMILES string of the molecule is CCNC(c1ccc(C)o1)C(F)(F)F. The molecule has 80 valence electrons. The van der Waals surface area contributed by atoms with E-state index < -0.39 is 12.2 Å². The molecule has 1 heterocycles. The van der Waals surface area contributed by atoms with Crippen LogP contribution in [-0.4, -0.2) is 12.7 Å². The number of alkyl halides is 3. The third kappa shape index (κ3) is 2.51. The highest BCUT2D eigenvalue weighted by Crippen LogP contribution is 2.33. The predicted octanol–water partition coefficient (Wildman–Crippen LogP) is 2.80. The molecule has 5 heteroatoms. The Hall–Kier alpha value is -0.970. The van der Waals surface area contributed by atoms with Gasteiger partial charge in [0.2, 0.25) is 0 Å². The molecule has 0 aliphatic rings. The van der Waals surface area contributed by atoms with Crippen molar-refractivity contribution in [1.82, 2.24) is 5.32 Å². The van der Waals surface area contributed by atoms with Crippen LogP contribution in [0.15, 0.2) is 16.5 Å². The maximum absolute atomic E-state index is 12.5. The van der Waals surface area contributed by atoms with Gasteiger partial charge in [-0.2, -0.15) is 13.2 Å². The van der Waals surface area contributed by atoms with Crippen LogP contribution in [-0.2, 0) is 0 Å². The summed E-state index contributed by atoms with van der Waals surface area (Å²) in [6.07, 6.45) is -4.32. The Morgan fingerprint density at radius 3 is 2.43 bits per heavy atom. The molecule has 1 unspecified atom stereocenters. The Labute approximate surface area is 80.1 Å². The summed E-state index contributed by atoms with van der Waals surface area (Å²) in [5, 5.41) is 2.33. The van der Waals surface area contributed by atoms with Crippen molar-refractivity contribution in [2.45, 2.75) is 26.1 Å². The maximum Gasteiger partial charge on any atom is 0.410 e. The molecule has 0 aromatic carbocycles. The first-order chi connectivity index (χ1) is 6.45. The van der Waals surface area contributed by atoms with Gasteiger partial charge in [-0.3, -0.25) is 0 Å². The number of nitrogens with one attached hydrogen (secondary N) is 1. The van der Waals surface area contributed by atoms with Gasteiger partial charge in [-0.05, 0) is 25.6 Å². The van der Waals surface area contributed by atoms with Gasteiger partial charge in [-0.1, -0.05) is 6.92 Å².